The van der Waals surface area contributed by atoms with Crippen molar-refractivity contribution in [2.24, 2.45) is 0 Å². The SMILES string of the molecule is CCCCCCCCCCCCCCC(OC(=O)C(F)(F)F)C(=O)O. The van der Waals surface area contributed by atoms with Crippen molar-refractivity contribution in [2.75, 3.05) is 0 Å². The van der Waals surface area contributed by atoms with Crippen molar-refractivity contribution in [1.29, 1.82) is 0 Å². The first-order chi connectivity index (χ1) is 11.8. The van der Waals surface area contributed by atoms with Gasteiger partial charge in [0.25, 0.3) is 0 Å². The number of rotatable bonds is 15. The Hall–Kier alpha value is -1.27. The Morgan fingerprint density at radius 1 is 0.840 bits per heavy atom. The number of carbonyl (C=O) groups excluding carboxylic acids is 1. The fourth-order valence-electron chi connectivity index (χ4n) is 2.60. The van der Waals surface area contributed by atoms with Gasteiger partial charge in [0.05, 0.1) is 0 Å². The van der Waals surface area contributed by atoms with Crippen LogP contribution in [0.2, 0.25) is 0 Å². The van der Waals surface area contributed by atoms with E-state index in [1.165, 1.54) is 44.9 Å². The Labute approximate surface area is 148 Å². The van der Waals surface area contributed by atoms with Gasteiger partial charge in [-0.15, -0.1) is 0 Å². The molecular weight excluding hydrogens is 337 g/mol. The number of aliphatic carboxylic acids is 1. The van der Waals surface area contributed by atoms with Gasteiger partial charge in [0.15, 0.2) is 6.10 Å². The molecule has 0 aliphatic heterocycles. The van der Waals surface area contributed by atoms with Gasteiger partial charge in [0, 0.05) is 0 Å². The maximum absolute atomic E-state index is 12.1. The lowest BCUT2D eigenvalue weighted by Crippen LogP contribution is -2.34. The van der Waals surface area contributed by atoms with Crippen LogP contribution in [0.3, 0.4) is 0 Å². The topological polar surface area (TPSA) is 63.6 Å². The highest BCUT2D eigenvalue weighted by atomic mass is 19.4. The Morgan fingerprint density at radius 2 is 1.24 bits per heavy atom. The smallest absolute Gasteiger partial charge is 0.479 e. The van der Waals surface area contributed by atoms with Crippen LogP contribution >= 0.6 is 0 Å². The van der Waals surface area contributed by atoms with Gasteiger partial charge in [-0.3, -0.25) is 0 Å². The molecule has 0 amide bonds. The third-order valence-electron chi connectivity index (χ3n) is 4.08. The highest BCUT2D eigenvalue weighted by molar-refractivity contribution is 5.80. The first-order valence-electron chi connectivity index (χ1n) is 9.29. The molecule has 0 aromatic heterocycles. The van der Waals surface area contributed by atoms with E-state index in [9.17, 15) is 22.8 Å². The lowest BCUT2D eigenvalue weighted by atomic mass is 10.0. The first-order valence-corrected chi connectivity index (χ1v) is 9.29. The molecule has 0 spiro atoms. The Bertz CT molecular complexity index is 370. The van der Waals surface area contributed by atoms with Crippen LogP contribution in [0.25, 0.3) is 0 Å². The molecule has 1 unspecified atom stereocenters. The number of halogens is 3. The summed E-state index contributed by atoms with van der Waals surface area (Å²) in [7, 11) is 0. The van der Waals surface area contributed by atoms with E-state index in [1.807, 2.05) is 0 Å². The van der Waals surface area contributed by atoms with Crippen molar-refractivity contribution in [2.45, 2.75) is 103 Å². The molecule has 0 rings (SSSR count). The van der Waals surface area contributed by atoms with Crippen molar-refractivity contribution in [3.05, 3.63) is 0 Å². The standard InChI is InChI=1S/C18H31F3O4/c1-2-3-4-5-6-7-8-9-10-11-12-13-14-15(16(22)23)25-17(24)18(19,20)21/h15H,2-14H2,1H3,(H,22,23). The Balaban J connectivity index is 3.64. The molecule has 0 radical (unpaired) electrons. The zero-order chi connectivity index (χ0) is 19.1. The first kappa shape index (κ1) is 23.7. The zero-order valence-electron chi connectivity index (χ0n) is 15.1. The summed E-state index contributed by atoms with van der Waals surface area (Å²) in [6, 6.07) is 0. The summed E-state index contributed by atoms with van der Waals surface area (Å²) < 4.78 is 40.3. The Morgan fingerprint density at radius 3 is 1.60 bits per heavy atom. The van der Waals surface area contributed by atoms with Crippen molar-refractivity contribution in [3.63, 3.8) is 0 Å². The molecule has 0 aromatic carbocycles. The average Bonchev–Trinajstić information content (AvgIpc) is 2.53. The van der Waals surface area contributed by atoms with E-state index >= 15 is 0 Å². The number of hydrogen-bond acceptors (Lipinski definition) is 3. The predicted molar refractivity (Wildman–Crippen MR) is 89.3 cm³/mol. The molecule has 0 fully saturated rings. The van der Waals surface area contributed by atoms with Gasteiger partial charge in [-0.05, 0) is 12.8 Å². The third-order valence-corrected chi connectivity index (χ3v) is 4.08. The maximum atomic E-state index is 12.1. The average molecular weight is 368 g/mol. The molecule has 0 bridgehead atoms. The van der Waals surface area contributed by atoms with E-state index in [4.69, 9.17) is 5.11 Å². The van der Waals surface area contributed by atoms with Crippen LogP contribution in [0, 0.1) is 0 Å². The molecule has 0 aliphatic rings. The summed E-state index contributed by atoms with van der Waals surface area (Å²) >= 11 is 0. The van der Waals surface area contributed by atoms with E-state index in [2.05, 4.69) is 11.7 Å². The van der Waals surface area contributed by atoms with E-state index in [0.717, 1.165) is 25.7 Å². The number of unbranched alkanes of at least 4 members (excludes halogenated alkanes) is 11. The number of esters is 1. The van der Waals surface area contributed by atoms with Gasteiger partial charge >= 0.3 is 18.1 Å². The van der Waals surface area contributed by atoms with E-state index in [1.54, 1.807) is 0 Å². The number of carboxylic acid groups (broad SMARTS) is 1. The number of hydrogen-bond donors (Lipinski definition) is 1. The minimum atomic E-state index is -5.16. The van der Waals surface area contributed by atoms with Crippen LogP contribution < -0.4 is 0 Å². The van der Waals surface area contributed by atoms with Crippen LogP contribution in [0.1, 0.15) is 90.4 Å². The summed E-state index contributed by atoms with van der Waals surface area (Å²) in [5.74, 6) is -3.99. The molecule has 1 atom stereocenters. The van der Waals surface area contributed by atoms with Crippen molar-refractivity contribution in [1.82, 2.24) is 0 Å². The molecule has 0 aliphatic carbocycles. The van der Waals surface area contributed by atoms with Crippen molar-refractivity contribution >= 4 is 11.9 Å². The lowest BCUT2D eigenvalue weighted by Gasteiger charge is -2.14. The molecule has 7 heteroatoms. The van der Waals surface area contributed by atoms with Crippen LogP contribution in [0.4, 0.5) is 13.2 Å². The van der Waals surface area contributed by atoms with E-state index in [-0.39, 0.29) is 6.42 Å². The Kier molecular flexibility index (Phi) is 13.2. The number of carboxylic acids is 1. The van der Waals surface area contributed by atoms with Gasteiger partial charge in [-0.25, -0.2) is 9.59 Å². The predicted octanol–water partition coefficient (Wildman–Crippen LogP) is 5.64. The highest BCUT2D eigenvalue weighted by Gasteiger charge is 2.43. The van der Waals surface area contributed by atoms with Gasteiger partial charge in [0.2, 0.25) is 0 Å². The summed E-state index contributed by atoms with van der Waals surface area (Å²) in [6.07, 6.45) is 6.09. The second kappa shape index (κ2) is 14.0. The number of carbonyl (C=O) groups is 2. The molecule has 0 heterocycles. The summed E-state index contributed by atoms with van der Waals surface area (Å²) in [5.41, 5.74) is 0. The summed E-state index contributed by atoms with van der Waals surface area (Å²) in [6.45, 7) is 2.19. The fraction of sp³-hybridized carbons (Fsp3) is 0.889. The van der Waals surface area contributed by atoms with Crippen LogP contribution in [0.5, 0.6) is 0 Å². The number of ether oxygens (including phenoxy) is 1. The van der Waals surface area contributed by atoms with Crippen LogP contribution in [-0.4, -0.2) is 29.3 Å². The van der Waals surface area contributed by atoms with E-state index in [0.29, 0.717) is 6.42 Å². The molecule has 0 aromatic rings. The minimum absolute atomic E-state index is 0.0887. The molecule has 0 saturated heterocycles. The van der Waals surface area contributed by atoms with Crippen molar-refractivity contribution in [3.8, 4) is 0 Å². The van der Waals surface area contributed by atoms with Gasteiger partial charge in [0.1, 0.15) is 0 Å². The van der Waals surface area contributed by atoms with Crippen molar-refractivity contribution < 1.29 is 32.6 Å². The van der Waals surface area contributed by atoms with Gasteiger partial charge in [-0.2, -0.15) is 13.2 Å². The fourth-order valence-corrected chi connectivity index (χ4v) is 2.60. The highest BCUT2D eigenvalue weighted by Crippen LogP contribution is 2.19. The molecule has 0 saturated carbocycles. The zero-order valence-corrected chi connectivity index (χ0v) is 15.1. The molecular formula is C18H31F3O4. The van der Waals surface area contributed by atoms with Gasteiger partial charge in [-0.1, -0.05) is 77.6 Å². The van der Waals surface area contributed by atoms with Crippen LogP contribution in [0.15, 0.2) is 0 Å². The largest absolute Gasteiger partial charge is 0.490 e. The quantitative estimate of drug-likeness (QED) is 0.300. The molecule has 4 nitrogen and oxygen atoms in total. The summed E-state index contributed by atoms with van der Waals surface area (Å²) in [5, 5.41) is 8.82. The van der Waals surface area contributed by atoms with Gasteiger partial charge < -0.3 is 9.84 Å². The lowest BCUT2D eigenvalue weighted by molar-refractivity contribution is -0.207. The second-order valence-electron chi connectivity index (χ2n) is 6.41. The number of alkyl halides is 3. The maximum Gasteiger partial charge on any atom is 0.490 e. The summed E-state index contributed by atoms with van der Waals surface area (Å²) in [4.78, 5) is 21.5. The molecule has 25 heavy (non-hydrogen) atoms. The molecule has 1 N–H and O–H groups in total. The minimum Gasteiger partial charge on any atom is -0.479 e. The normalized spacial score (nSPS) is 12.8. The monoisotopic (exact) mass is 368 g/mol. The second-order valence-corrected chi connectivity index (χ2v) is 6.41. The van der Waals surface area contributed by atoms with E-state index < -0.39 is 24.2 Å². The van der Waals surface area contributed by atoms with Crippen LogP contribution in [-0.2, 0) is 14.3 Å². The third kappa shape index (κ3) is 13.7. The molecule has 148 valence electrons.